The molecule has 2 unspecified atom stereocenters. The van der Waals surface area contributed by atoms with Gasteiger partial charge in [0.2, 0.25) is 0 Å². The van der Waals surface area contributed by atoms with E-state index < -0.39 is 39.0 Å². The minimum atomic E-state index is -3.08. The van der Waals surface area contributed by atoms with Crippen LogP contribution in [-0.2, 0) is 26.0 Å². The van der Waals surface area contributed by atoms with Crippen LogP contribution in [0.3, 0.4) is 0 Å². The largest absolute Gasteiger partial charge is 0.387 e. The second-order valence-electron chi connectivity index (χ2n) is 8.11. The third-order valence-electron chi connectivity index (χ3n) is 5.70. The standard InChI is InChI=1S/C19H23F2N3O4S/c20-14-3-2-13(16(21)8-14)10-24-6-1-5-19(12-24)9-17(23-28-19)18(25)22-15-4-7-29(26,27)11-15/h2-3,8,15H,1,4-7,9-12H2,(H,22,25). The molecule has 0 saturated carbocycles. The summed E-state index contributed by atoms with van der Waals surface area (Å²) in [5.74, 6) is -1.56. The lowest BCUT2D eigenvalue weighted by atomic mass is 9.87. The number of hydrogen-bond acceptors (Lipinski definition) is 6. The SMILES string of the molecule is O=C(NC1CCS(=O)(=O)C1)C1=NOC2(CCCN(Cc3ccc(F)cc3F)C2)C1. The van der Waals surface area contributed by atoms with Crippen molar-refractivity contribution in [2.45, 2.75) is 43.9 Å². The van der Waals surface area contributed by atoms with E-state index in [0.29, 0.717) is 37.9 Å². The topological polar surface area (TPSA) is 88.1 Å². The molecule has 1 amide bonds. The molecule has 0 bridgehead atoms. The van der Waals surface area contributed by atoms with Crippen molar-refractivity contribution in [1.82, 2.24) is 10.2 Å². The minimum Gasteiger partial charge on any atom is -0.387 e. The van der Waals surface area contributed by atoms with Crippen LogP contribution in [0.5, 0.6) is 0 Å². The number of hydrogen-bond donors (Lipinski definition) is 1. The first kappa shape index (κ1) is 20.2. The van der Waals surface area contributed by atoms with E-state index in [1.54, 1.807) is 0 Å². The number of nitrogens with one attached hydrogen (secondary N) is 1. The van der Waals surface area contributed by atoms with Crippen LogP contribution in [-0.4, -0.2) is 61.2 Å². The first-order valence-corrected chi connectivity index (χ1v) is 11.5. The zero-order valence-electron chi connectivity index (χ0n) is 15.9. The van der Waals surface area contributed by atoms with Gasteiger partial charge in [0.05, 0.1) is 11.5 Å². The molecule has 1 aromatic rings. The minimum absolute atomic E-state index is 0.0466. The summed E-state index contributed by atoms with van der Waals surface area (Å²) in [5.41, 5.74) is 0.00953. The Kier molecular flexibility index (Phi) is 5.32. The molecule has 3 aliphatic heterocycles. The van der Waals surface area contributed by atoms with Gasteiger partial charge in [0.1, 0.15) is 17.3 Å². The van der Waals surface area contributed by atoms with Crippen molar-refractivity contribution in [2.24, 2.45) is 5.16 Å². The van der Waals surface area contributed by atoms with Crippen LogP contribution in [0.2, 0.25) is 0 Å². The maximum atomic E-state index is 14.0. The van der Waals surface area contributed by atoms with Crippen molar-refractivity contribution in [3.63, 3.8) is 0 Å². The summed E-state index contributed by atoms with van der Waals surface area (Å²) in [6.45, 7) is 1.53. The lowest BCUT2D eigenvalue weighted by Crippen LogP contribution is -2.49. The average Bonchev–Trinajstić information content (AvgIpc) is 3.21. The molecule has 0 aromatic heterocycles. The summed E-state index contributed by atoms with van der Waals surface area (Å²) in [6, 6.07) is 3.15. The van der Waals surface area contributed by atoms with Crippen molar-refractivity contribution in [3.05, 3.63) is 35.4 Å². The second kappa shape index (κ2) is 7.64. The van der Waals surface area contributed by atoms with Gasteiger partial charge in [-0.1, -0.05) is 11.2 Å². The number of carbonyl (C=O) groups is 1. The first-order chi connectivity index (χ1) is 13.7. The molecule has 0 aliphatic carbocycles. The van der Waals surface area contributed by atoms with Gasteiger partial charge in [0, 0.05) is 37.2 Å². The number of oxime groups is 1. The Morgan fingerprint density at radius 2 is 2.21 bits per heavy atom. The van der Waals surface area contributed by atoms with Gasteiger partial charge in [0.15, 0.2) is 15.4 Å². The number of sulfone groups is 1. The molecule has 2 atom stereocenters. The molecule has 2 saturated heterocycles. The summed E-state index contributed by atoms with van der Waals surface area (Å²) in [5, 5.41) is 6.70. The molecule has 10 heteroatoms. The second-order valence-corrected chi connectivity index (χ2v) is 10.3. The van der Waals surface area contributed by atoms with E-state index in [1.165, 1.54) is 12.1 Å². The van der Waals surface area contributed by atoms with Gasteiger partial charge in [-0.2, -0.15) is 0 Å². The Labute approximate surface area is 168 Å². The first-order valence-electron chi connectivity index (χ1n) is 9.66. The fraction of sp³-hybridized carbons (Fsp3) is 0.579. The Bertz CT molecular complexity index is 953. The van der Waals surface area contributed by atoms with Crippen LogP contribution in [0.15, 0.2) is 23.4 Å². The maximum Gasteiger partial charge on any atom is 0.269 e. The van der Waals surface area contributed by atoms with Gasteiger partial charge in [-0.3, -0.25) is 9.69 Å². The van der Waals surface area contributed by atoms with E-state index in [1.807, 2.05) is 4.90 Å². The van der Waals surface area contributed by atoms with E-state index in [9.17, 15) is 22.0 Å². The van der Waals surface area contributed by atoms with Gasteiger partial charge in [0.25, 0.3) is 5.91 Å². The van der Waals surface area contributed by atoms with Crippen molar-refractivity contribution < 1.29 is 26.8 Å². The molecule has 3 aliphatic rings. The van der Waals surface area contributed by atoms with Gasteiger partial charge in [-0.15, -0.1) is 0 Å². The number of benzene rings is 1. The van der Waals surface area contributed by atoms with Crippen LogP contribution in [0.4, 0.5) is 8.78 Å². The van der Waals surface area contributed by atoms with E-state index in [-0.39, 0.29) is 17.2 Å². The number of nitrogens with zero attached hydrogens (tertiary/aromatic N) is 2. The number of amides is 1. The lowest BCUT2D eigenvalue weighted by molar-refractivity contribution is -0.115. The normalized spacial score (nSPS) is 28.9. The summed E-state index contributed by atoms with van der Waals surface area (Å²) < 4.78 is 50.2. The predicted octanol–water partition coefficient (Wildman–Crippen LogP) is 1.38. The molecule has 1 N–H and O–H groups in total. The summed E-state index contributed by atoms with van der Waals surface area (Å²) in [7, 11) is -3.08. The molecule has 7 nitrogen and oxygen atoms in total. The Morgan fingerprint density at radius 3 is 2.93 bits per heavy atom. The third kappa shape index (κ3) is 4.58. The summed E-state index contributed by atoms with van der Waals surface area (Å²) in [6.07, 6.45) is 2.24. The van der Waals surface area contributed by atoms with E-state index in [2.05, 4.69) is 10.5 Å². The number of halogens is 2. The van der Waals surface area contributed by atoms with Crippen molar-refractivity contribution in [1.29, 1.82) is 0 Å². The van der Waals surface area contributed by atoms with Gasteiger partial charge in [-0.25, -0.2) is 17.2 Å². The van der Waals surface area contributed by atoms with Gasteiger partial charge >= 0.3 is 0 Å². The van der Waals surface area contributed by atoms with E-state index in [4.69, 9.17) is 4.84 Å². The van der Waals surface area contributed by atoms with Crippen LogP contribution in [0.1, 0.15) is 31.2 Å². The average molecular weight is 427 g/mol. The number of piperidine rings is 1. The van der Waals surface area contributed by atoms with Crippen LogP contribution in [0, 0.1) is 11.6 Å². The Hall–Kier alpha value is -2.07. The Balaban J connectivity index is 1.35. The number of rotatable bonds is 4. The fourth-order valence-corrected chi connectivity index (χ4v) is 5.93. The highest BCUT2D eigenvalue weighted by Crippen LogP contribution is 2.34. The molecule has 0 radical (unpaired) electrons. The molecule has 1 aromatic carbocycles. The molecule has 158 valence electrons. The highest BCUT2D eigenvalue weighted by atomic mass is 32.2. The zero-order valence-corrected chi connectivity index (χ0v) is 16.7. The van der Waals surface area contributed by atoms with Gasteiger partial charge < -0.3 is 10.2 Å². The number of likely N-dealkylation sites (tertiary alicyclic amines) is 1. The summed E-state index contributed by atoms with van der Waals surface area (Å²) >= 11 is 0. The Morgan fingerprint density at radius 1 is 1.38 bits per heavy atom. The molecular formula is C19H23F2N3O4S. The smallest absolute Gasteiger partial charge is 0.269 e. The van der Waals surface area contributed by atoms with E-state index in [0.717, 1.165) is 19.0 Å². The van der Waals surface area contributed by atoms with Crippen LogP contribution >= 0.6 is 0 Å². The van der Waals surface area contributed by atoms with E-state index >= 15 is 0 Å². The fourth-order valence-electron chi connectivity index (χ4n) is 4.26. The molecule has 29 heavy (non-hydrogen) atoms. The van der Waals surface area contributed by atoms with Crippen molar-refractivity contribution >= 4 is 21.5 Å². The molecule has 3 heterocycles. The lowest BCUT2D eigenvalue weighted by Gasteiger charge is -2.38. The molecule has 2 fully saturated rings. The van der Waals surface area contributed by atoms with Gasteiger partial charge in [-0.05, 0) is 31.9 Å². The zero-order chi connectivity index (χ0) is 20.6. The summed E-state index contributed by atoms with van der Waals surface area (Å²) in [4.78, 5) is 20.1. The highest BCUT2D eigenvalue weighted by Gasteiger charge is 2.45. The van der Waals surface area contributed by atoms with Crippen LogP contribution in [0.25, 0.3) is 0 Å². The van der Waals surface area contributed by atoms with Crippen molar-refractivity contribution in [2.75, 3.05) is 24.6 Å². The van der Waals surface area contributed by atoms with Crippen molar-refractivity contribution in [3.8, 4) is 0 Å². The molecule has 4 rings (SSSR count). The maximum absolute atomic E-state index is 14.0. The van der Waals surface area contributed by atoms with Crippen LogP contribution < -0.4 is 5.32 Å². The molecule has 1 spiro atoms. The monoisotopic (exact) mass is 427 g/mol. The highest BCUT2D eigenvalue weighted by molar-refractivity contribution is 7.91. The third-order valence-corrected chi connectivity index (χ3v) is 7.46. The molecular weight excluding hydrogens is 404 g/mol. The number of carbonyl (C=O) groups excluding carboxylic acids is 1. The quantitative estimate of drug-likeness (QED) is 0.785. The predicted molar refractivity (Wildman–Crippen MR) is 102 cm³/mol.